The Morgan fingerprint density at radius 3 is 2.71 bits per heavy atom. The molecule has 2 aromatic heterocycles. The first kappa shape index (κ1) is 10.5. The van der Waals surface area contributed by atoms with Crippen LogP contribution in [0.15, 0.2) is 16.5 Å². The number of aryl methyl sites for hydroxylation is 1. The molecule has 0 bridgehead atoms. The first-order chi connectivity index (χ1) is 8.13. The fraction of sp³-hybridized carbons (Fsp3) is 0.429. The zero-order valence-electron chi connectivity index (χ0n) is 10.4. The van der Waals surface area contributed by atoms with Crippen molar-refractivity contribution >= 4 is 0 Å². The van der Waals surface area contributed by atoms with Gasteiger partial charge in [0.25, 0.3) is 0 Å². The van der Waals surface area contributed by atoms with Crippen LogP contribution in [0.1, 0.15) is 54.1 Å². The Bertz CT molecular complexity index is 570. The first-order valence-electron chi connectivity index (χ1n) is 6.07. The SMILES string of the molecule is Cc1ccc2c(n1)Cc1oc(C(C)C)nc1C2. The van der Waals surface area contributed by atoms with E-state index in [0.717, 1.165) is 41.6 Å². The van der Waals surface area contributed by atoms with Crippen LogP contribution in [0.2, 0.25) is 0 Å². The fourth-order valence-electron chi connectivity index (χ4n) is 2.21. The van der Waals surface area contributed by atoms with Gasteiger partial charge in [-0.1, -0.05) is 19.9 Å². The second-order valence-corrected chi connectivity index (χ2v) is 4.99. The maximum absolute atomic E-state index is 5.81. The molecule has 3 nitrogen and oxygen atoms in total. The topological polar surface area (TPSA) is 38.9 Å². The van der Waals surface area contributed by atoms with Crippen molar-refractivity contribution in [1.82, 2.24) is 9.97 Å². The lowest BCUT2D eigenvalue weighted by molar-refractivity contribution is 0.439. The van der Waals surface area contributed by atoms with Gasteiger partial charge < -0.3 is 4.42 Å². The van der Waals surface area contributed by atoms with E-state index in [4.69, 9.17) is 4.42 Å². The third-order valence-corrected chi connectivity index (χ3v) is 3.18. The summed E-state index contributed by atoms with van der Waals surface area (Å²) in [6.07, 6.45) is 1.64. The molecule has 0 aliphatic heterocycles. The van der Waals surface area contributed by atoms with E-state index in [-0.39, 0.29) is 0 Å². The van der Waals surface area contributed by atoms with Crippen LogP contribution in [0, 0.1) is 6.92 Å². The number of hydrogen-bond donors (Lipinski definition) is 0. The van der Waals surface area contributed by atoms with Crippen molar-refractivity contribution in [3.8, 4) is 0 Å². The van der Waals surface area contributed by atoms with Gasteiger partial charge in [0.15, 0.2) is 5.89 Å². The van der Waals surface area contributed by atoms with Crippen molar-refractivity contribution < 1.29 is 4.42 Å². The molecule has 0 unspecified atom stereocenters. The second-order valence-electron chi connectivity index (χ2n) is 4.99. The summed E-state index contributed by atoms with van der Waals surface area (Å²) in [7, 11) is 0. The number of rotatable bonds is 1. The van der Waals surface area contributed by atoms with Crippen molar-refractivity contribution in [2.45, 2.75) is 39.5 Å². The summed E-state index contributed by atoms with van der Waals surface area (Å²) < 4.78 is 5.81. The van der Waals surface area contributed by atoms with E-state index in [1.54, 1.807) is 0 Å². The summed E-state index contributed by atoms with van der Waals surface area (Å²) in [6.45, 7) is 6.23. The molecule has 0 fully saturated rings. The summed E-state index contributed by atoms with van der Waals surface area (Å²) >= 11 is 0. The number of aromatic nitrogens is 2. The van der Waals surface area contributed by atoms with E-state index in [1.165, 1.54) is 5.56 Å². The molecular weight excluding hydrogens is 212 g/mol. The summed E-state index contributed by atoms with van der Waals surface area (Å²) in [6, 6.07) is 4.22. The molecule has 2 heterocycles. The van der Waals surface area contributed by atoms with Crippen LogP contribution in [0.5, 0.6) is 0 Å². The van der Waals surface area contributed by atoms with Crippen LogP contribution in [0.3, 0.4) is 0 Å². The number of hydrogen-bond acceptors (Lipinski definition) is 3. The molecule has 0 amide bonds. The molecule has 0 N–H and O–H groups in total. The highest BCUT2D eigenvalue weighted by atomic mass is 16.4. The Labute approximate surface area is 101 Å². The van der Waals surface area contributed by atoms with Gasteiger partial charge in [-0.05, 0) is 18.6 Å². The van der Waals surface area contributed by atoms with E-state index >= 15 is 0 Å². The lowest BCUT2D eigenvalue weighted by Gasteiger charge is -2.13. The molecule has 0 saturated carbocycles. The van der Waals surface area contributed by atoms with E-state index in [1.807, 2.05) is 6.92 Å². The Hall–Kier alpha value is -1.64. The molecule has 0 radical (unpaired) electrons. The van der Waals surface area contributed by atoms with Gasteiger partial charge in [0, 0.05) is 18.0 Å². The van der Waals surface area contributed by atoms with Crippen LogP contribution in [0.4, 0.5) is 0 Å². The molecule has 3 heteroatoms. The first-order valence-corrected chi connectivity index (χ1v) is 6.07. The highest BCUT2D eigenvalue weighted by Crippen LogP contribution is 2.28. The lowest BCUT2D eigenvalue weighted by atomic mass is 9.97. The number of pyridine rings is 1. The van der Waals surface area contributed by atoms with Crippen molar-refractivity contribution in [1.29, 1.82) is 0 Å². The molecule has 0 spiro atoms. The minimum absolute atomic E-state index is 0.346. The fourth-order valence-corrected chi connectivity index (χ4v) is 2.21. The van der Waals surface area contributed by atoms with Gasteiger partial charge in [-0.25, -0.2) is 4.98 Å². The largest absolute Gasteiger partial charge is 0.445 e. The van der Waals surface area contributed by atoms with Gasteiger partial charge in [-0.15, -0.1) is 0 Å². The predicted octanol–water partition coefficient (Wildman–Crippen LogP) is 3.00. The Balaban J connectivity index is 2.02. The van der Waals surface area contributed by atoms with Crippen LogP contribution in [-0.4, -0.2) is 9.97 Å². The van der Waals surface area contributed by atoms with Gasteiger partial charge in [-0.2, -0.15) is 0 Å². The van der Waals surface area contributed by atoms with E-state index in [0.29, 0.717) is 5.92 Å². The van der Waals surface area contributed by atoms with Crippen molar-refractivity contribution in [3.63, 3.8) is 0 Å². The minimum atomic E-state index is 0.346. The molecule has 1 aliphatic rings. The smallest absolute Gasteiger partial charge is 0.197 e. The molecule has 0 atom stereocenters. The number of fused-ring (bicyclic) bond motifs is 2. The highest BCUT2D eigenvalue weighted by Gasteiger charge is 2.23. The minimum Gasteiger partial charge on any atom is -0.445 e. The van der Waals surface area contributed by atoms with E-state index in [9.17, 15) is 0 Å². The Morgan fingerprint density at radius 2 is 1.94 bits per heavy atom. The monoisotopic (exact) mass is 228 g/mol. The third kappa shape index (κ3) is 1.75. The summed E-state index contributed by atoms with van der Waals surface area (Å²) in [4.78, 5) is 9.16. The maximum atomic E-state index is 5.81. The summed E-state index contributed by atoms with van der Waals surface area (Å²) in [5.74, 6) is 2.19. The average molecular weight is 228 g/mol. The number of oxazole rings is 1. The standard InChI is InChI=1S/C14H16N2O/c1-8(2)14-16-12-6-10-5-4-9(3)15-11(10)7-13(12)17-14/h4-5,8H,6-7H2,1-3H3. The Kier molecular flexibility index (Phi) is 2.28. The van der Waals surface area contributed by atoms with Crippen molar-refractivity contribution in [2.24, 2.45) is 0 Å². The molecule has 0 aromatic carbocycles. The van der Waals surface area contributed by atoms with Gasteiger partial charge >= 0.3 is 0 Å². The van der Waals surface area contributed by atoms with E-state index < -0.39 is 0 Å². The van der Waals surface area contributed by atoms with Crippen molar-refractivity contribution in [2.75, 3.05) is 0 Å². The van der Waals surface area contributed by atoms with Crippen LogP contribution in [-0.2, 0) is 12.8 Å². The zero-order valence-corrected chi connectivity index (χ0v) is 10.4. The van der Waals surface area contributed by atoms with Crippen LogP contribution < -0.4 is 0 Å². The maximum Gasteiger partial charge on any atom is 0.197 e. The van der Waals surface area contributed by atoms with Gasteiger partial charge in [-0.3, -0.25) is 4.98 Å². The predicted molar refractivity (Wildman–Crippen MR) is 65.2 cm³/mol. The quantitative estimate of drug-likeness (QED) is 0.642. The van der Waals surface area contributed by atoms with E-state index in [2.05, 4.69) is 35.9 Å². The average Bonchev–Trinajstić information content (AvgIpc) is 2.68. The van der Waals surface area contributed by atoms with Gasteiger partial charge in [0.2, 0.25) is 0 Å². The van der Waals surface area contributed by atoms with Crippen LogP contribution >= 0.6 is 0 Å². The molecule has 1 aliphatic carbocycles. The van der Waals surface area contributed by atoms with Gasteiger partial charge in [0.1, 0.15) is 5.76 Å². The molecule has 17 heavy (non-hydrogen) atoms. The normalized spacial score (nSPS) is 13.6. The zero-order chi connectivity index (χ0) is 12.0. The lowest BCUT2D eigenvalue weighted by Crippen LogP contribution is -2.08. The third-order valence-electron chi connectivity index (χ3n) is 3.18. The molecule has 3 rings (SSSR count). The van der Waals surface area contributed by atoms with Crippen LogP contribution in [0.25, 0.3) is 0 Å². The molecule has 88 valence electrons. The Morgan fingerprint density at radius 1 is 1.12 bits per heavy atom. The summed E-state index contributed by atoms with van der Waals surface area (Å²) in [5.41, 5.74) is 4.58. The molecular formula is C14H16N2O. The molecule has 2 aromatic rings. The highest BCUT2D eigenvalue weighted by molar-refractivity contribution is 5.36. The summed E-state index contributed by atoms with van der Waals surface area (Å²) in [5, 5.41) is 0. The number of nitrogens with zero attached hydrogens (tertiary/aromatic N) is 2. The molecule has 0 saturated heterocycles. The second kappa shape index (κ2) is 3.69. The van der Waals surface area contributed by atoms with Crippen molar-refractivity contribution in [3.05, 3.63) is 46.4 Å². The van der Waals surface area contributed by atoms with Gasteiger partial charge in [0.05, 0.1) is 17.8 Å².